The Kier molecular flexibility index (Phi) is 5.83. The van der Waals surface area contributed by atoms with Crippen LogP contribution >= 0.6 is 12.4 Å². The van der Waals surface area contributed by atoms with E-state index >= 15 is 0 Å². The average Bonchev–Trinajstić information content (AvgIpc) is 3.23. The Morgan fingerprint density at radius 1 is 1.08 bits per heavy atom. The maximum absolute atomic E-state index is 13.0. The molecule has 1 aromatic rings. The number of nitrogens with zero attached hydrogens (tertiary/aromatic N) is 1. The highest BCUT2D eigenvalue weighted by Gasteiger charge is 2.42. The standard InChI is InChI=1S/C17H24N2O4.ClH/c1-21-13-9-15(23-3)14(22-2)8-12(13)16(20)19-7-5-17(11-19)4-6-18-10-17;/h8-9,18H,4-7,10-11H2,1-3H3;1H. The highest BCUT2D eigenvalue weighted by molar-refractivity contribution is 5.98. The maximum Gasteiger partial charge on any atom is 0.257 e. The Labute approximate surface area is 148 Å². The molecule has 1 aromatic carbocycles. The van der Waals surface area contributed by atoms with Crippen LogP contribution in [-0.4, -0.2) is 58.3 Å². The number of likely N-dealkylation sites (tertiary alicyclic amines) is 1. The van der Waals surface area contributed by atoms with Crippen molar-refractivity contribution >= 4 is 18.3 Å². The zero-order chi connectivity index (χ0) is 16.4. The first-order valence-corrected chi connectivity index (χ1v) is 7.92. The SMILES string of the molecule is COc1cc(OC)c(C(=O)N2CCC3(CCNC3)C2)cc1OC.Cl. The second kappa shape index (κ2) is 7.49. The van der Waals surface area contributed by atoms with E-state index in [-0.39, 0.29) is 23.7 Å². The van der Waals surface area contributed by atoms with E-state index in [1.807, 2.05) is 4.90 Å². The molecule has 1 atom stereocenters. The molecule has 2 heterocycles. The van der Waals surface area contributed by atoms with Gasteiger partial charge in [-0.3, -0.25) is 4.79 Å². The Morgan fingerprint density at radius 3 is 2.33 bits per heavy atom. The molecule has 1 spiro atoms. The largest absolute Gasteiger partial charge is 0.496 e. The van der Waals surface area contributed by atoms with Crippen LogP contribution in [0.4, 0.5) is 0 Å². The van der Waals surface area contributed by atoms with Gasteiger partial charge in [-0.15, -0.1) is 12.4 Å². The number of amides is 1. The van der Waals surface area contributed by atoms with Gasteiger partial charge in [-0.1, -0.05) is 0 Å². The minimum Gasteiger partial charge on any atom is -0.496 e. The van der Waals surface area contributed by atoms with Crippen LogP contribution < -0.4 is 19.5 Å². The van der Waals surface area contributed by atoms with Crippen LogP contribution in [0, 0.1) is 5.41 Å². The quantitative estimate of drug-likeness (QED) is 0.893. The van der Waals surface area contributed by atoms with Crippen molar-refractivity contribution in [3.63, 3.8) is 0 Å². The van der Waals surface area contributed by atoms with Crippen molar-refractivity contribution in [3.05, 3.63) is 17.7 Å². The molecule has 2 saturated heterocycles. The van der Waals surface area contributed by atoms with E-state index in [2.05, 4.69) is 5.32 Å². The number of methoxy groups -OCH3 is 3. The minimum absolute atomic E-state index is 0. The predicted molar refractivity (Wildman–Crippen MR) is 93.8 cm³/mol. The van der Waals surface area contributed by atoms with Gasteiger partial charge in [0.2, 0.25) is 0 Å². The van der Waals surface area contributed by atoms with Crippen molar-refractivity contribution in [2.75, 3.05) is 47.5 Å². The van der Waals surface area contributed by atoms with Gasteiger partial charge in [0.05, 0.1) is 26.9 Å². The van der Waals surface area contributed by atoms with Crippen LogP contribution in [0.2, 0.25) is 0 Å². The van der Waals surface area contributed by atoms with E-state index in [0.717, 1.165) is 39.0 Å². The molecule has 1 amide bonds. The maximum atomic E-state index is 13.0. The van der Waals surface area contributed by atoms with Crippen LogP contribution in [-0.2, 0) is 0 Å². The first kappa shape index (κ1) is 18.7. The number of hydrogen-bond acceptors (Lipinski definition) is 5. The smallest absolute Gasteiger partial charge is 0.257 e. The number of hydrogen-bond donors (Lipinski definition) is 1. The van der Waals surface area contributed by atoms with E-state index in [0.29, 0.717) is 22.8 Å². The molecule has 2 aliphatic rings. The molecule has 6 nitrogen and oxygen atoms in total. The lowest BCUT2D eigenvalue weighted by atomic mass is 9.86. The molecular weight excluding hydrogens is 332 g/mol. The van der Waals surface area contributed by atoms with E-state index in [9.17, 15) is 4.79 Å². The van der Waals surface area contributed by atoms with E-state index in [1.165, 1.54) is 0 Å². The zero-order valence-electron chi connectivity index (χ0n) is 14.4. The summed E-state index contributed by atoms with van der Waals surface area (Å²) >= 11 is 0. The van der Waals surface area contributed by atoms with Crippen LogP contribution in [0.3, 0.4) is 0 Å². The van der Waals surface area contributed by atoms with Crippen molar-refractivity contribution in [1.82, 2.24) is 10.2 Å². The molecule has 7 heteroatoms. The molecule has 0 saturated carbocycles. The summed E-state index contributed by atoms with van der Waals surface area (Å²) in [6, 6.07) is 3.41. The molecule has 134 valence electrons. The molecule has 1 N–H and O–H groups in total. The van der Waals surface area contributed by atoms with E-state index in [1.54, 1.807) is 33.5 Å². The van der Waals surface area contributed by atoms with Crippen molar-refractivity contribution in [2.24, 2.45) is 5.41 Å². The van der Waals surface area contributed by atoms with Crippen LogP contribution in [0.25, 0.3) is 0 Å². The third-order valence-corrected chi connectivity index (χ3v) is 4.99. The third-order valence-electron chi connectivity index (χ3n) is 4.99. The Balaban J connectivity index is 0.00000208. The van der Waals surface area contributed by atoms with Gasteiger partial charge < -0.3 is 24.4 Å². The Bertz CT molecular complexity index is 602. The lowest BCUT2D eigenvalue weighted by molar-refractivity contribution is 0.0772. The number of ether oxygens (including phenoxy) is 3. The summed E-state index contributed by atoms with van der Waals surface area (Å²) in [5.41, 5.74) is 0.771. The van der Waals surface area contributed by atoms with E-state index < -0.39 is 0 Å². The average molecular weight is 357 g/mol. The van der Waals surface area contributed by atoms with Crippen LogP contribution in [0.5, 0.6) is 17.2 Å². The Morgan fingerprint density at radius 2 is 1.75 bits per heavy atom. The molecule has 1 unspecified atom stereocenters. The number of nitrogens with one attached hydrogen (secondary N) is 1. The third kappa shape index (κ3) is 3.26. The lowest BCUT2D eigenvalue weighted by Gasteiger charge is -2.23. The summed E-state index contributed by atoms with van der Waals surface area (Å²) in [6.07, 6.45) is 2.20. The van der Waals surface area contributed by atoms with Gasteiger partial charge >= 0.3 is 0 Å². The highest BCUT2D eigenvalue weighted by Crippen LogP contribution is 2.39. The van der Waals surface area contributed by atoms with Gasteiger partial charge in [0.1, 0.15) is 5.75 Å². The summed E-state index contributed by atoms with van der Waals surface area (Å²) in [5, 5.41) is 3.41. The summed E-state index contributed by atoms with van der Waals surface area (Å²) in [6.45, 7) is 3.63. The number of benzene rings is 1. The molecule has 0 aliphatic carbocycles. The van der Waals surface area contributed by atoms with Gasteiger partial charge in [-0.05, 0) is 19.4 Å². The van der Waals surface area contributed by atoms with Crippen molar-refractivity contribution in [3.8, 4) is 17.2 Å². The van der Waals surface area contributed by atoms with Crippen molar-refractivity contribution < 1.29 is 19.0 Å². The fourth-order valence-corrected chi connectivity index (χ4v) is 3.62. The monoisotopic (exact) mass is 356 g/mol. The lowest BCUT2D eigenvalue weighted by Crippen LogP contribution is -2.33. The minimum atomic E-state index is -0.00780. The fraction of sp³-hybridized carbons (Fsp3) is 0.588. The highest BCUT2D eigenvalue weighted by atomic mass is 35.5. The Hall–Kier alpha value is -1.66. The normalized spacial score (nSPS) is 22.4. The molecule has 0 radical (unpaired) electrons. The summed E-state index contributed by atoms with van der Waals surface area (Å²) < 4.78 is 16.0. The summed E-state index contributed by atoms with van der Waals surface area (Å²) in [4.78, 5) is 14.9. The molecule has 0 aromatic heterocycles. The second-order valence-electron chi connectivity index (χ2n) is 6.31. The first-order valence-electron chi connectivity index (χ1n) is 7.92. The van der Waals surface area contributed by atoms with Gasteiger partial charge in [-0.25, -0.2) is 0 Å². The number of carbonyl (C=O) groups is 1. The molecular formula is C17H25ClN2O4. The molecule has 2 fully saturated rings. The number of rotatable bonds is 4. The van der Waals surface area contributed by atoms with Crippen LogP contribution in [0.1, 0.15) is 23.2 Å². The van der Waals surface area contributed by atoms with Crippen LogP contribution in [0.15, 0.2) is 12.1 Å². The van der Waals surface area contributed by atoms with Gasteiger partial charge in [0, 0.05) is 37.2 Å². The van der Waals surface area contributed by atoms with Crippen molar-refractivity contribution in [1.29, 1.82) is 0 Å². The topological polar surface area (TPSA) is 60.0 Å². The summed E-state index contributed by atoms with van der Waals surface area (Å²) in [7, 11) is 4.69. The van der Waals surface area contributed by atoms with E-state index in [4.69, 9.17) is 14.2 Å². The zero-order valence-corrected chi connectivity index (χ0v) is 15.2. The fourth-order valence-electron chi connectivity index (χ4n) is 3.62. The van der Waals surface area contributed by atoms with Gasteiger partial charge in [-0.2, -0.15) is 0 Å². The second-order valence-corrected chi connectivity index (χ2v) is 6.31. The number of carbonyl (C=O) groups excluding carboxylic acids is 1. The van der Waals surface area contributed by atoms with Gasteiger partial charge in [0.25, 0.3) is 5.91 Å². The predicted octanol–water partition coefficient (Wildman–Crippen LogP) is 1.96. The summed E-state index contributed by atoms with van der Waals surface area (Å²) in [5.74, 6) is 1.59. The number of halogens is 1. The molecule has 24 heavy (non-hydrogen) atoms. The molecule has 3 rings (SSSR count). The van der Waals surface area contributed by atoms with Crippen molar-refractivity contribution in [2.45, 2.75) is 12.8 Å². The molecule has 2 aliphatic heterocycles. The molecule has 0 bridgehead atoms. The first-order chi connectivity index (χ1) is 11.1. The van der Waals surface area contributed by atoms with Gasteiger partial charge in [0.15, 0.2) is 11.5 Å².